The lowest BCUT2D eigenvalue weighted by Crippen LogP contribution is -2.49. The Bertz CT molecular complexity index is 1030. The van der Waals surface area contributed by atoms with E-state index in [0.29, 0.717) is 19.6 Å². The number of hydrogen-bond donors (Lipinski definition) is 3. The van der Waals surface area contributed by atoms with Crippen molar-refractivity contribution in [1.29, 1.82) is 0 Å². The molecule has 1 atom stereocenters. The minimum absolute atomic E-state index is 0.0286. The van der Waals surface area contributed by atoms with Crippen LogP contribution in [0.4, 0.5) is 5.69 Å². The summed E-state index contributed by atoms with van der Waals surface area (Å²) >= 11 is 12.2. The first-order valence-corrected chi connectivity index (χ1v) is 11.2. The molecule has 0 unspecified atom stereocenters. The minimum atomic E-state index is -0.556. The maximum Gasteiger partial charge on any atom is 0.274 e. The first-order valence-electron chi connectivity index (χ1n) is 10.5. The molecule has 2 heterocycles. The maximum absolute atomic E-state index is 12.9. The predicted octanol–water partition coefficient (Wildman–Crippen LogP) is 2.81. The van der Waals surface area contributed by atoms with Crippen molar-refractivity contribution in [3.8, 4) is 0 Å². The van der Waals surface area contributed by atoms with Gasteiger partial charge in [-0.05, 0) is 39.1 Å². The van der Waals surface area contributed by atoms with Gasteiger partial charge in [0.05, 0.1) is 21.3 Å². The standard InChI is InChI=1S/C22H26Cl2N6O3/c1-29(2)10-5-9-18(31)30-11-4-6-14(13-30)26-22(33)20-17(12-25-28-20)27-21(32)19-15(23)7-3-8-16(19)24/h3,5,7-9,12,14H,4,6,10-11,13H2,1-2H3,(H,25,28)(H,26,33)(H,27,32)/b9-5+/t14-/m0/s1. The molecule has 1 aliphatic heterocycles. The zero-order chi connectivity index (χ0) is 24.0. The number of anilines is 1. The number of likely N-dealkylation sites (tertiary alicyclic amines) is 1. The van der Waals surface area contributed by atoms with Crippen LogP contribution in [0.2, 0.25) is 10.0 Å². The van der Waals surface area contributed by atoms with Crippen LogP contribution in [-0.4, -0.2) is 77.5 Å². The number of carbonyl (C=O) groups excluding carboxylic acids is 3. The second-order valence-corrected chi connectivity index (χ2v) is 8.77. The number of nitrogens with one attached hydrogen (secondary N) is 3. The predicted molar refractivity (Wildman–Crippen MR) is 128 cm³/mol. The summed E-state index contributed by atoms with van der Waals surface area (Å²) in [6.45, 7) is 1.71. The van der Waals surface area contributed by atoms with Crippen LogP contribution in [0.25, 0.3) is 0 Å². The van der Waals surface area contributed by atoms with E-state index in [4.69, 9.17) is 23.2 Å². The third kappa shape index (κ3) is 6.56. The summed E-state index contributed by atoms with van der Waals surface area (Å²) in [6.07, 6.45) is 6.29. The van der Waals surface area contributed by atoms with E-state index < -0.39 is 11.8 Å². The fourth-order valence-electron chi connectivity index (χ4n) is 3.48. The molecule has 1 aromatic heterocycles. The molecule has 0 saturated carbocycles. The van der Waals surface area contributed by atoms with Crippen LogP contribution >= 0.6 is 23.2 Å². The zero-order valence-corrected chi connectivity index (χ0v) is 19.9. The van der Waals surface area contributed by atoms with E-state index in [1.807, 2.05) is 25.1 Å². The largest absolute Gasteiger partial charge is 0.346 e. The molecule has 0 radical (unpaired) electrons. The van der Waals surface area contributed by atoms with Gasteiger partial charge in [0.2, 0.25) is 5.91 Å². The third-order valence-electron chi connectivity index (χ3n) is 5.09. The van der Waals surface area contributed by atoms with Crippen molar-refractivity contribution in [1.82, 2.24) is 25.3 Å². The number of benzene rings is 1. The number of rotatable bonds is 7. The van der Waals surface area contributed by atoms with Crippen molar-refractivity contribution in [2.75, 3.05) is 39.0 Å². The molecule has 3 N–H and O–H groups in total. The van der Waals surface area contributed by atoms with Crippen molar-refractivity contribution in [2.45, 2.75) is 18.9 Å². The van der Waals surface area contributed by atoms with Crippen LogP contribution < -0.4 is 10.6 Å². The Balaban J connectivity index is 1.62. The SMILES string of the molecule is CN(C)C/C=C/C(=O)N1CCC[C@H](NC(=O)c2n[nH]cc2NC(=O)c2c(Cl)cccc2Cl)C1. The molecule has 1 fully saturated rings. The molecule has 0 bridgehead atoms. The molecule has 11 heteroatoms. The fraction of sp³-hybridized carbons (Fsp3) is 0.364. The van der Waals surface area contributed by atoms with Crippen LogP contribution in [0.3, 0.4) is 0 Å². The Morgan fingerprint density at radius 2 is 1.97 bits per heavy atom. The van der Waals surface area contributed by atoms with Crippen LogP contribution in [0.15, 0.2) is 36.5 Å². The normalized spacial score (nSPS) is 16.3. The van der Waals surface area contributed by atoms with Crippen molar-refractivity contribution in [2.24, 2.45) is 0 Å². The molecular weight excluding hydrogens is 467 g/mol. The Hall–Kier alpha value is -2.88. The average molecular weight is 493 g/mol. The number of aromatic nitrogens is 2. The molecule has 176 valence electrons. The molecular formula is C22H26Cl2N6O3. The molecule has 9 nitrogen and oxygen atoms in total. The van der Waals surface area contributed by atoms with Crippen LogP contribution in [0.5, 0.6) is 0 Å². The highest BCUT2D eigenvalue weighted by Gasteiger charge is 2.26. The number of likely N-dealkylation sites (N-methyl/N-ethyl adjacent to an activating group) is 1. The van der Waals surface area contributed by atoms with Gasteiger partial charge < -0.3 is 20.4 Å². The van der Waals surface area contributed by atoms with Crippen molar-refractivity contribution in [3.63, 3.8) is 0 Å². The summed E-state index contributed by atoms with van der Waals surface area (Å²) in [7, 11) is 3.85. The lowest BCUT2D eigenvalue weighted by Gasteiger charge is -2.32. The molecule has 33 heavy (non-hydrogen) atoms. The second-order valence-electron chi connectivity index (χ2n) is 7.96. The fourth-order valence-corrected chi connectivity index (χ4v) is 4.05. The summed E-state index contributed by atoms with van der Waals surface area (Å²) < 4.78 is 0. The Morgan fingerprint density at radius 3 is 2.67 bits per heavy atom. The quantitative estimate of drug-likeness (QED) is 0.514. The number of nitrogens with zero attached hydrogens (tertiary/aromatic N) is 3. The van der Waals surface area contributed by atoms with Crippen molar-refractivity contribution < 1.29 is 14.4 Å². The third-order valence-corrected chi connectivity index (χ3v) is 5.72. The summed E-state index contributed by atoms with van der Waals surface area (Å²) in [5.41, 5.74) is 0.335. The van der Waals surface area contributed by atoms with E-state index in [0.717, 1.165) is 12.8 Å². The summed E-state index contributed by atoms with van der Waals surface area (Å²) in [4.78, 5) is 41.6. The molecule has 1 aliphatic rings. The number of halogens is 2. The molecule has 0 spiro atoms. The van der Waals surface area contributed by atoms with E-state index in [1.165, 1.54) is 6.20 Å². The molecule has 0 aliphatic carbocycles. The first-order chi connectivity index (χ1) is 15.8. The smallest absolute Gasteiger partial charge is 0.274 e. The first kappa shape index (κ1) is 24.8. The number of aromatic amines is 1. The number of H-pyrrole nitrogens is 1. The van der Waals surface area contributed by atoms with E-state index in [9.17, 15) is 14.4 Å². The molecule has 3 rings (SSSR count). The Kier molecular flexibility index (Phi) is 8.49. The van der Waals surface area contributed by atoms with Crippen molar-refractivity contribution >= 4 is 46.6 Å². The van der Waals surface area contributed by atoms with Crippen LogP contribution in [0, 0.1) is 0 Å². The van der Waals surface area contributed by atoms with E-state index in [1.54, 1.807) is 29.2 Å². The lowest BCUT2D eigenvalue weighted by atomic mass is 10.1. The Morgan fingerprint density at radius 1 is 1.24 bits per heavy atom. The number of amides is 3. The maximum atomic E-state index is 12.9. The van der Waals surface area contributed by atoms with Gasteiger partial charge in [-0.2, -0.15) is 5.10 Å². The number of carbonyl (C=O) groups is 3. The molecule has 1 saturated heterocycles. The highest BCUT2D eigenvalue weighted by Crippen LogP contribution is 2.25. The van der Waals surface area contributed by atoms with E-state index in [2.05, 4.69) is 20.8 Å². The topological polar surface area (TPSA) is 110 Å². The summed E-state index contributed by atoms with van der Waals surface area (Å²) in [5, 5.41) is 12.5. The summed E-state index contributed by atoms with van der Waals surface area (Å²) in [5.74, 6) is -1.10. The highest BCUT2D eigenvalue weighted by molar-refractivity contribution is 6.40. The van der Waals surface area contributed by atoms with Gasteiger partial charge in [-0.1, -0.05) is 35.3 Å². The van der Waals surface area contributed by atoms with Crippen molar-refractivity contribution in [3.05, 3.63) is 57.9 Å². The highest BCUT2D eigenvalue weighted by atomic mass is 35.5. The molecule has 3 amide bonds. The van der Waals surface area contributed by atoms with Gasteiger partial charge in [-0.15, -0.1) is 0 Å². The molecule has 1 aromatic carbocycles. The van der Waals surface area contributed by atoms with Gasteiger partial charge in [-0.3, -0.25) is 19.5 Å². The Labute approximate surface area is 202 Å². The van der Waals surface area contributed by atoms with E-state index in [-0.39, 0.29) is 38.9 Å². The van der Waals surface area contributed by atoms with Gasteiger partial charge in [0, 0.05) is 37.9 Å². The van der Waals surface area contributed by atoms with Gasteiger partial charge in [0.1, 0.15) is 0 Å². The monoisotopic (exact) mass is 492 g/mol. The van der Waals surface area contributed by atoms with Gasteiger partial charge in [-0.25, -0.2) is 0 Å². The number of piperidine rings is 1. The van der Waals surface area contributed by atoms with Gasteiger partial charge in [0.15, 0.2) is 5.69 Å². The van der Waals surface area contributed by atoms with E-state index >= 15 is 0 Å². The number of hydrogen-bond acceptors (Lipinski definition) is 5. The van der Waals surface area contributed by atoms with Crippen LogP contribution in [-0.2, 0) is 4.79 Å². The van der Waals surface area contributed by atoms with Gasteiger partial charge >= 0.3 is 0 Å². The zero-order valence-electron chi connectivity index (χ0n) is 18.4. The minimum Gasteiger partial charge on any atom is -0.346 e. The van der Waals surface area contributed by atoms with Gasteiger partial charge in [0.25, 0.3) is 11.8 Å². The average Bonchev–Trinajstić information content (AvgIpc) is 3.21. The second kappa shape index (κ2) is 11.3. The van der Waals surface area contributed by atoms with Crippen LogP contribution in [0.1, 0.15) is 33.7 Å². The summed E-state index contributed by atoms with van der Waals surface area (Å²) in [6, 6.07) is 4.51. The lowest BCUT2D eigenvalue weighted by molar-refractivity contribution is -0.127. The molecule has 2 aromatic rings.